The van der Waals surface area contributed by atoms with Crippen LogP contribution in [0.4, 0.5) is 18.9 Å². The molecule has 0 unspecified atom stereocenters. The van der Waals surface area contributed by atoms with Crippen LogP contribution in [0.3, 0.4) is 0 Å². The van der Waals surface area contributed by atoms with Gasteiger partial charge in [-0.3, -0.25) is 4.79 Å². The maximum absolute atomic E-state index is 12.7. The van der Waals surface area contributed by atoms with Gasteiger partial charge in [0, 0.05) is 11.3 Å². The molecule has 23 heavy (non-hydrogen) atoms. The Bertz CT molecular complexity index is 715. The predicted molar refractivity (Wildman–Crippen MR) is 84.5 cm³/mol. The van der Waals surface area contributed by atoms with Crippen molar-refractivity contribution in [3.8, 4) is 0 Å². The van der Waals surface area contributed by atoms with Crippen LogP contribution in [0.15, 0.2) is 48.5 Å². The van der Waals surface area contributed by atoms with Crippen molar-refractivity contribution in [1.82, 2.24) is 0 Å². The molecule has 0 bridgehead atoms. The SMILES string of the molecule is CC(C)(C)c1cccc(C(=O)Nc2cccc(C(F)(F)F)c2)c1. The molecule has 0 radical (unpaired) electrons. The highest BCUT2D eigenvalue weighted by molar-refractivity contribution is 6.04. The zero-order valence-electron chi connectivity index (χ0n) is 13.2. The number of halogens is 3. The third-order valence-electron chi connectivity index (χ3n) is 3.44. The Balaban J connectivity index is 2.23. The van der Waals surface area contributed by atoms with Gasteiger partial charge < -0.3 is 5.32 Å². The fraction of sp³-hybridized carbons (Fsp3) is 0.278. The van der Waals surface area contributed by atoms with Gasteiger partial charge in [-0.25, -0.2) is 0 Å². The maximum Gasteiger partial charge on any atom is 0.416 e. The zero-order valence-corrected chi connectivity index (χ0v) is 13.2. The van der Waals surface area contributed by atoms with Crippen LogP contribution in [0.25, 0.3) is 0 Å². The second-order valence-electron chi connectivity index (χ2n) is 6.36. The number of hydrogen-bond acceptors (Lipinski definition) is 1. The lowest BCUT2D eigenvalue weighted by Gasteiger charge is -2.19. The monoisotopic (exact) mass is 321 g/mol. The number of hydrogen-bond donors (Lipinski definition) is 1. The summed E-state index contributed by atoms with van der Waals surface area (Å²) < 4.78 is 38.1. The predicted octanol–water partition coefficient (Wildman–Crippen LogP) is 5.26. The van der Waals surface area contributed by atoms with Crippen LogP contribution >= 0.6 is 0 Å². The highest BCUT2D eigenvalue weighted by Crippen LogP contribution is 2.31. The standard InChI is InChI=1S/C18H18F3NO/c1-17(2,3)13-7-4-6-12(10-13)16(23)22-15-9-5-8-14(11-15)18(19,20)21/h4-11H,1-3H3,(H,22,23). The molecule has 0 aromatic heterocycles. The number of alkyl halides is 3. The molecule has 0 saturated carbocycles. The first-order valence-electron chi connectivity index (χ1n) is 7.16. The fourth-order valence-corrected chi connectivity index (χ4v) is 2.10. The van der Waals surface area contributed by atoms with E-state index in [2.05, 4.69) is 5.32 Å². The normalized spacial score (nSPS) is 12.1. The molecule has 0 spiro atoms. The first-order chi connectivity index (χ1) is 10.6. The van der Waals surface area contributed by atoms with Crippen LogP contribution in [-0.2, 0) is 11.6 Å². The van der Waals surface area contributed by atoms with Crippen molar-refractivity contribution in [2.75, 3.05) is 5.32 Å². The average Bonchev–Trinajstić information content (AvgIpc) is 2.46. The number of amides is 1. The van der Waals surface area contributed by atoms with Crippen LogP contribution in [0, 0.1) is 0 Å². The Labute approximate surface area is 133 Å². The molecule has 0 aliphatic carbocycles. The third-order valence-corrected chi connectivity index (χ3v) is 3.44. The molecular formula is C18H18F3NO. The van der Waals surface area contributed by atoms with Crippen LogP contribution in [0.1, 0.15) is 42.3 Å². The van der Waals surface area contributed by atoms with Crippen molar-refractivity contribution in [2.24, 2.45) is 0 Å². The Kier molecular flexibility index (Phi) is 4.50. The minimum atomic E-state index is -4.44. The topological polar surface area (TPSA) is 29.1 Å². The lowest BCUT2D eigenvalue weighted by molar-refractivity contribution is -0.137. The second-order valence-corrected chi connectivity index (χ2v) is 6.36. The first-order valence-corrected chi connectivity index (χ1v) is 7.16. The summed E-state index contributed by atoms with van der Waals surface area (Å²) >= 11 is 0. The fourth-order valence-electron chi connectivity index (χ4n) is 2.10. The van der Waals surface area contributed by atoms with Crippen LogP contribution in [0.5, 0.6) is 0 Å². The number of carbonyl (C=O) groups is 1. The number of carbonyl (C=O) groups excluding carboxylic acids is 1. The zero-order chi connectivity index (χ0) is 17.3. The van der Waals surface area contributed by atoms with E-state index in [1.807, 2.05) is 26.8 Å². The van der Waals surface area contributed by atoms with Crippen molar-refractivity contribution in [3.63, 3.8) is 0 Å². The van der Waals surface area contributed by atoms with Gasteiger partial charge in [-0.1, -0.05) is 39.0 Å². The van der Waals surface area contributed by atoms with Crippen molar-refractivity contribution in [1.29, 1.82) is 0 Å². The number of anilines is 1. The molecule has 0 atom stereocenters. The molecule has 1 N–H and O–H groups in total. The van der Waals surface area contributed by atoms with E-state index in [4.69, 9.17) is 0 Å². The molecule has 0 fully saturated rings. The summed E-state index contributed by atoms with van der Waals surface area (Å²) in [6, 6.07) is 11.7. The van der Waals surface area contributed by atoms with E-state index in [-0.39, 0.29) is 11.1 Å². The van der Waals surface area contributed by atoms with Gasteiger partial charge >= 0.3 is 6.18 Å². The summed E-state index contributed by atoms with van der Waals surface area (Å²) in [6.45, 7) is 6.07. The van der Waals surface area contributed by atoms with Gasteiger partial charge in [-0.15, -0.1) is 0 Å². The Morgan fingerprint density at radius 2 is 1.52 bits per heavy atom. The molecule has 1 amide bonds. The van der Waals surface area contributed by atoms with Crippen molar-refractivity contribution in [3.05, 3.63) is 65.2 Å². The first kappa shape index (κ1) is 17.1. The van der Waals surface area contributed by atoms with E-state index in [0.717, 1.165) is 17.7 Å². The summed E-state index contributed by atoms with van der Waals surface area (Å²) in [5.74, 6) is -0.435. The molecule has 0 saturated heterocycles. The molecule has 2 aromatic rings. The molecule has 2 nitrogen and oxygen atoms in total. The van der Waals surface area contributed by atoms with Crippen molar-refractivity contribution >= 4 is 11.6 Å². The molecule has 5 heteroatoms. The number of rotatable bonds is 2. The molecule has 0 heterocycles. The highest BCUT2D eigenvalue weighted by atomic mass is 19.4. The smallest absolute Gasteiger partial charge is 0.322 e. The van der Waals surface area contributed by atoms with Gasteiger partial charge in [0.25, 0.3) is 5.91 Å². The van der Waals surface area contributed by atoms with E-state index < -0.39 is 17.6 Å². The van der Waals surface area contributed by atoms with Gasteiger partial charge in [-0.05, 0) is 41.3 Å². The summed E-state index contributed by atoms with van der Waals surface area (Å²) in [6.07, 6.45) is -4.44. The average molecular weight is 321 g/mol. The largest absolute Gasteiger partial charge is 0.416 e. The van der Waals surface area contributed by atoms with E-state index >= 15 is 0 Å². The Morgan fingerprint density at radius 1 is 0.913 bits per heavy atom. The number of benzene rings is 2. The summed E-state index contributed by atoms with van der Waals surface area (Å²) in [7, 11) is 0. The molecule has 0 aliphatic heterocycles. The van der Waals surface area contributed by atoms with Crippen molar-refractivity contribution in [2.45, 2.75) is 32.4 Å². The molecule has 122 valence electrons. The lowest BCUT2D eigenvalue weighted by Crippen LogP contribution is -2.16. The molecule has 2 aromatic carbocycles. The minimum absolute atomic E-state index is 0.117. The summed E-state index contributed by atoms with van der Waals surface area (Å²) in [5.41, 5.74) is 0.598. The molecule has 2 rings (SSSR count). The summed E-state index contributed by atoms with van der Waals surface area (Å²) in [4.78, 5) is 12.3. The molecule has 0 aliphatic rings. The number of nitrogens with one attached hydrogen (secondary N) is 1. The van der Waals surface area contributed by atoms with Crippen LogP contribution < -0.4 is 5.32 Å². The Hall–Kier alpha value is -2.30. The van der Waals surface area contributed by atoms with E-state index in [0.29, 0.717) is 5.56 Å². The highest BCUT2D eigenvalue weighted by Gasteiger charge is 2.30. The Morgan fingerprint density at radius 3 is 2.13 bits per heavy atom. The van der Waals surface area contributed by atoms with Crippen LogP contribution in [-0.4, -0.2) is 5.91 Å². The quantitative estimate of drug-likeness (QED) is 0.803. The molecular weight excluding hydrogens is 303 g/mol. The van der Waals surface area contributed by atoms with Gasteiger partial charge in [0.1, 0.15) is 0 Å². The third kappa shape index (κ3) is 4.34. The van der Waals surface area contributed by atoms with Gasteiger partial charge in [-0.2, -0.15) is 13.2 Å². The van der Waals surface area contributed by atoms with Crippen molar-refractivity contribution < 1.29 is 18.0 Å². The van der Waals surface area contributed by atoms with Gasteiger partial charge in [0.2, 0.25) is 0 Å². The van der Waals surface area contributed by atoms with Crippen LogP contribution in [0.2, 0.25) is 0 Å². The van der Waals surface area contributed by atoms with E-state index in [1.54, 1.807) is 18.2 Å². The maximum atomic E-state index is 12.7. The van der Waals surface area contributed by atoms with Gasteiger partial charge in [0.05, 0.1) is 5.56 Å². The van der Waals surface area contributed by atoms with Gasteiger partial charge in [0.15, 0.2) is 0 Å². The lowest BCUT2D eigenvalue weighted by atomic mass is 9.86. The van der Waals surface area contributed by atoms with E-state index in [1.165, 1.54) is 12.1 Å². The van der Waals surface area contributed by atoms with E-state index in [9.17, 15) is 18.0 Å². The summed E-state index contributed by atoms with van der Waals surface area (Å²) in [5, 5.41) is 2.51. The minimum Gasteiger partial charge on any atom is -0.322 e. The second kappa shape index (κ2) is 6.07.